The van der Waals surface area contributed by atoms with Gasteiger partial charge in [-0.05, 0) is 36.2 Å². The Kier molecular flexibility index (Phi) is 5.55. The van der Waals surface area contributed by atoms with E-state index in [4.69, 9.17) is 4.74 Å². The molecule has 1 aromatic heterocycles. The van der Waals surface area contributed by atoms with Crippen molar-refractivity contribution in [3.8, 4) is 22.9 Å². The van der Waals surface area contributed by atoms with Crippen LogP contribution >= 0.6 is 0 Å². The van der Waals surface area contributed by atoms with Gasteiger partial charge in [0.2, 0.25) is 0 Å². The zero-order valence-corrected chi connectivity index (χ0v) is 18.6. The molecule has 1 aliphatic rings. The number of para-hydroxylation sites is 1. The number of rotatable bonds is 3. The SMILES string of the molecule is COc1ccc2c(c1O)CCN(C(=O)c1nc(-c3cccc(C(F)(F)F)c3)nc3ccccc13)C2. The number of phenolic OH excluding ortho intramolecular Hbond substituents is 1. The first-order valence-corrected chi connectivity index (χ1v) is 10.9. The fraction of sp³-hybridized carbons (Fsp3) is 0.192. The molecule has 0 aliphatic carbocycles. The highest BCUT2D eigenvalue weighted by Gasteiger charge is 2.31. The van der Waals surface area contributed by atoms with Gasteiger partial charge in [-0.1, -0.05) is 36.4 Å². The van der Waals surface area contributed by atoms with Crippen molar-refractivity contribution < 1.29 is 27.8 Å². The van der Waals surface area contributed by atoms with Gasteiger partial charge in [-0.25, -0.2) is 9.97 Å². The van der Waals surface area contributed by atoms with E-state index in [9.17, 15) is 23.1 Å². The highest BCUT2D eigenvalue weighted by molar-refractivity contribution is 6.05. The van der Waals surface area contributed by atoms with Crippen molar-refractivity contribution in [3.63, 3.8) is 0 Å². The van der Waals surface area contributed by atoms with Crippen molar-refractivity contribution >= 4 is 16.8 Å². The van der Waals surface area contributed by atoms with Crippen LogP contribution in [0.2, 0.25) is 0 Å². The third-order valence-electron chi connectivity index (χ3n) is 6.10. The molecule has 4 aromatic rings. The summed E-state index contributed by atoms with van der Waals surface area (Å²) >= 11 is 0. The van der Waals surface area contributed by atoms with E-state index < -0.39 is 11.7 Å². The number of aromatic hydroxyl groups is 1. The lowest BCUT2D eigenvalue weighted by Crippen LogP contribution is -2.36. The number of ether oxygens (including phenoxy) is 1. The summed E-state index contributed by atoms with van der Waals surface area (Å²) in [4.78, 5) is 24.1. The molecule has 178 valence electrons. The van der Waals surface area contributed by atoms with E-state index >= 15 is 0 Å². The molecule has 0 radical (unpaired) electrons. The Labute approximate surface area is 198 Å². The first-order chi connectivity index (χ1) is 16.8. The second-order valence-corrected chi connectivity index (χ2v) is 8.22. The van der Waals surface area contributed by atoms with Crippen LogP contribution in [0.5, 0.6) is 11.5 Å². The molecule has 0 bridgehead atoms. The Hall–Kier alpha value is -4.14. The summed E-state index contributed by atoms with van der Waals surface area (Å²) in [6, 6.07) is 15.1. The van der Waals surface area contributed by atoms with Crippen LogP contribution in [-0.4, -0.2) is 39.5 Å². The fourth-order valence-electron chi connectivity index (χ4n) is 4.31. The van der Waals surface area contributed by atoms with Crippen LogP contribution in [0.3, 0.4) is 0 Å². The molecule has 0 unspecified atom stereocenters. The van der Waals surface area contributed by atoms with E-state index in [2.05, 4.69) is 9.97 Å². The van der Waals surface area contributed by atoms with E-state index in [0.717, 1.165) is 23.3 Å². The van der Waals surface area contributed by atoms with Crippen LogP contribution in [0.4, 0.5) is 13.2 Å². The van der Waals surface area contributed by atoms with Gasteiger partial charge < -0.3 is 14.7 Å². The average Bonchev–Trinajstić information content (AvgIpc) is 2.87. The lowest BCUT2D eigenvalue weighted by Gasteiger charge is -2.29. The van der Waals surface area contributed by atoms with Gasteiger partial charge in [0.05, 0.1) is 18.2 Å². The van der Waals surface area contributed by atoms with Crippen molar-refractivity contribution in [1.29, 1.82) is 0 Å². The number of hydrogen-bond acceptors (Lipinski definition) is 5. The number of carbonyl (C=O) groups excluding carboxylic acids is 1. The summed E-state index contributed by atoms with van der Waals surface area (Å²) in [5.41, 5.74) is 1.44. The zero-order chi connectivity index (χ0) is 24.7. The Morgan fingerprint density at radius 1 is 1.06 bits per heavy atom. The smallest absolute Gasteiger partial charge is 0.416 e. The number of amides is 1. The molecule has 0 spiro atoms. The Morgan fingerprint density at radius 3 is 2.63 bits per heavy atom. The van der Waals surface area contributed by atoms with Crippen LogP contribution in [0.1, 0.15) is 27.2 Å². The average molecular weight is 479 g/mol. The van der Waals surface area contributed by atoms with Crippen molar-refractivity contribution in [2.75, 3.05) is 13.7 Å². The van der Waals surface area contributed by atoms with Crippen molar-refractivity contribution in [2.45, 2.75) is 19.1 Å². The lowest BCUT2D eigenvalue weighted by molar-refractivity contribution is -0.137. The number of carbonyl (C=O) groups is 1. The Bertz CT molecular complexity index is 1450. The first kappa shape index (κ1) is 22.6. The van der Waals surface area contributed by atoms with Gasteiger partial charge in [0.1, 0.15) is 5.69 Å². The van der Waals surface area contributed by atoms with E-state index in [1.807, 2.05) is 0 Å². The number of aromatic nitrogens is 2. The van der Waals surface area contributed by atoms with E-state index in [-0.39, 0.29) is 35.3 Å². The van der Waals surface area contributed by atoms with Crippen molar-refractivity contribution in [1.82, 2.24) is 14.9 Å². The third kappa shape index (κ3) is 4.14. The molecule has 1 N–H and O–H groups in total. The van der Waals surface area contributed by atoms with Gasteiger partial charge in [-0.15, -0.1) is 0 Å². The monoisotopic (exact) mass is 479 g/mol. The first-order valence-electron chi connectivity index (χ1n) is 10.9. The van der Waals surface area contributed by atoms with Gasteiger partial charge in [0.15, 0.2) is 17.3 Å². The largest absolute Gasteiger partial charge is 0.504 e. The molecule has 0 atom stereocenters. The lowest BCUT2D eigenvalue weighted by atomic mass is 9.97. The van der Waals surface area contributed by atoms with E-state index in [0.29, 0.717) is 29.6 Å². The van der Waals surface area contributed by atoms with Crippen LogP contribution in [-0.2, 0) is 19.1 Å². The van der Waals surface area contributed by atoms with Crippen LogP contribution in [0.15, 0.2) is 60.7 Å². The molecule has 0 saturated carbocycles. The van der Waals surface area contributed by atoms with Crippen molar-refractivity contribution in [3.05, 3.63) is 83.0 Å². The number of halogens is 3. The molecule has 3 aromatic carbocycles. The summed E-state index contributed by atoms with van der Waals surface area (Å²) in [5, 5.41) is 10.9. The molecule has 1 amide bonds. The third-order valence-corrected chi connectivity index (χ3v) is 6.10. The highest BCUT2D eigenvalue weighted by atomic mass is 19.4. The molecule has 6 nitrogen and oxygen atoms in total. The number of phenols is 1. The molecule has 35 heavy (non-hydrogen) atoms. The number of fused-ring (bicyclic) bond motifs is 2. The normalized spacial score (nSPS) is 13.5. The minimum Gasteiger partial charge on any atom is -0.504 e. The molecule has 5 rings (SSSR count). The maximum atomic E-state index is 13.6. The maximum Gasteiger partial charge on any atom is 0.416 e. The van der Waals surface area contributed by atoms with Gasteiger partial charge >= 0.3 is 6.18 Å². The summed E-state index contributed by atoms with van der Waals surface area (Å²) in [6.45, 7) is 0.590. The quantitative estimate of drug-likeness (QED) is 0.436. The molecule has 0 saturated heterocycles. The fourth-order valence-corrected chi connectivity index (χ4v) is 4.31. The number of alkyl halides is 3. The highest BCUT2D eigenvalue weighted by Crippen LogP contribution is 2.36. The number of nitrogens with zero attached hydrogens (tertiary/aromatic N) is 3. The summed E-state index contributed by atoms with van der Waals surface area (Å²) in [5.74, 6) is 0.114. The molecular formula is C26H20F3N3O3. The number of methoxy groups -OCH3 is 1. The van der Waals surface area contributed by atoms with E-state index in [1.165, 1.54) is 19.2 Å². The van der Waals surface area contributed by atoms with Gasteiger partial charge in [0.25, 0.3) is 5.91 Å². The van der Waals surface area contributed by atoms with E-state index in [1.54, 1.807) is 41.3 Å². The summed E-state index contributed by atoms with van der Waals surface area (Å²) < 4.78 is 44.9. The molecule has 2 heterocycles. The van der Waals surface area contributed by atoms with Gasteiger partial charge in [-0.2, -0.15) is 13.2 Å². The molecule has 1 aliphatic heterocycles. The predicted octanol–water partition coefficient (Wildman–Crippen LogP) is 5.23. The van der Waals surface area contributed by atoms with Crippen LogP contribution in [0, 0.1) is 0 Å². The Balaban J connectivity index is 1.56. The standard InChI is InChI=1S/C26H20F3N3O3/c1-35-21-10-9-16-14-32(12-11-18(16)23(21)33)25(34)22-19-7-2-3-8-20(19)30-24(31-22)15-5-4-6-17(13-15)26(27,28)29/h2-10,13,33H,11-12,14H2,1H3. The zero-order valence-electron chi connectivity index (χ0n) is 18.6. The van der Waals surface area contributed by atoms with Crippen LogP contribution in [0.25, 0.3) is 22.3 Å². The minimum atomic E-state index is -4.51. The second-order valence-electron chi connectivity index (χ2n) is 8.22. The maximum absolute atomic E-state index is 13.6. The Morgan fingerprint density at radius 2 is 1.86 bits per heavy atom. The van der Waals surface area contributed by atoms with Crippen LogP contribution < -0.4 is 4.74 Å². The minimum absolute atomic E-state index is 0.0398. The predicted molar refractivity (Wildman–Crippen MR) is 123 cm³/mol. The molecule has 9 heteroatoms. The summed E-state index contributed by atoms with van der Waals surface area (Å²) in [7, 11) is 1.47. The molecular weight excluding hydrogens is 459 g/mol. The number of hydrogen-bond donors (Lipinski definition) is 1. The summed E-state index contributed by atoms with van der Waals surface area (Å²) in [6.07, 6.45) is -4.09. The van der Waals surface area contributed by atoms with Gasteiger partial charge in [-0.3, -0.25) is 4.79 Å². The molecule has 0 fully saturated rings. The topological polar surface area (TPSA) is 75.6 Å². The second kappa shape index (κ2) is 8.57. The number of benzene rings is 3. The van der Waals surface area contributed by atoms with Crippen molar-refractivity contribution in [2.24, 2.45) is 0 Å². The van der Waals surface area contributed by atoms with Gasteiger partial charge in [0, 0.05) is 29.6 Å².